The molecule has 3 heteroatoms. The third-order valence-corrected chi connectivity index (χ3v) is 4.46. The molecule has 0 bridgehead atoms. The third kappa shape index (κ3) is 2.10. The van der Waals surface area contributed by atoms with Crippen molar-refractivity contribution < 1.29 is 0 Å². The Kier molecular flexibility index (Phi) is 3.40. The van der Waals surface area contributed by atoms with Crippen LogP contribution in [0.15, 0.2) is 18.2 Å². The minimum atomic E-state index is 0.585. The van der Waals surface area contributed by atoms with Gasteiger partial charge in [0, 0.05) is 32.7 Å². The molecule has 1 fully saturated rings. The lowest BCUT2D eigenvalue weighted by Gasteiger charge is -2.48. The molecule has 2 heterocycles. The highest BCUT2D eigenvalue weighted by Gasteiger charge is 2.33. The molecule has 1 aromatic rings. The van der Waals surface area contributed by atoms with E-state index in [1.54, 1.807) is 0 Å². The van der Waals surface area contributed by atoms with Gasteiger partial charge in [0.1, 0.15) is 0 Å². The normalized spacial score (nSPS) is 22.4. The number of hydrogen-bond donors (Lipinski definition) is 1. The number of hydrogen-bond acceptors (Lipinski definition) is 3. The Balaban J connectivity index is 2.11. The van der Waals surface area contributed by atoms with Gasteiger partial charge in [0.15, 0.2) is 0 Å². The van der Waals surface area contributed by atoms with E-state index in [1.807, 2.05) is 0 Å². The number of piperazine rings is 1. The van der Waals surface area contributed by atoms with Gasteiger partial charge in [-0.2, -0.15) is 0 Å². The Bertz CT molecular complexity index is 455. The first kappa shape index (κ1) is 12.8. The molecule has 1 unspecified atom stereocenters. The summed E-state index contributed by atoms with van der Waals surface area (Å²) in [6.45, 7) is 12.5. The monoisotopic (exact) mass is 259 g/mol. The summed E-state index contributed by atoms with van der Waals surface area (Å²) in [6.07, 6.45) is 0. The van der Waals surface area contributed by atoms with Crippen LogP contribution in [-0.4, -0.2) is 38.8 Å². The largest absolute Gasteiger partial charge is 0.368 e. The number of rotatable bonds is 2. The minimum Gasteiger partial charge on any atom is -0.368 e. The van der Waals surface area contributed by atoms with Crippen LogP contribution in [0.3, 0.4) is 0 Å². The van der Waals surface area contributed by atoms with E-state index in [1.165, 1.54) is 16.9 Å². The van der Waals surface area contributed by atoms with Gasteiger partial charge in [-0.3, -0.25) is 0 Å². The van der Waals surface area contributed by atoms with Crippen LogP contribution in [0.25, 0.3) is 0 Å². The number of fused-ring (bicyclic) bond motifs is 3. The number of benzene rings is 1. The molecule has 1 saturated heterocycles. The van der Waals surface area contributed by atoms with Gasteiger partial charge >= 0.3 is 0 Å². The zero-order chi connectivity index (χ0) is 13.4. The van der Waals surface area contributed by atoms with Crippen LogP contribution in [0.5, 0.6) is 0 Å². The van der Waals surface area contributed by atoms with Gasteiger partial charge in [0.05, 0.1) is 17.4 Å². The van der Waals surface area contributed by atoms with E-state index < -0.39 is 0 Å². The molecule has 1 atom stereocenters. The molecule has 3 nitrogen and oxygen atoms in total. The van der Waals surface area contributed by atoms with E-state index in [2.05, 4.69) is 54.1 Å². The fourth-order valence-corrected chi connectivity index (χ4v) is 3.45. The van der Waals surface area contributed by atoms with Crippen molar-refractivity contribution in [2.75, 3.05) is 42.5 Å². The molecule has 1 aromatic carbocycles. The lowest BCUT2D eigenvalue weighted by Crippen LogP contribution is -2.59. The fourth-order valence-electron chi connectivity index (χ4n) is 3.45. The summed E-state index contributed by atoms with van der Waals surface area (Å²) in [6, 6.07) is 7.45. The minimum absolute atomic E-state index is 0.585. The van der Waals surface area contributed by atoms with E-state index in [9.17, 15) is 0 Å². The van der Waals surface area contributed by atoms with Crippen molar-refractivity contribution in [3.8, 4) is 0 Å². The molecule has 0 radical (unpaired) electrons. The quantitative estimate of drug-likeness (QED) is 0.880. The highest BCUT2D eigenvalue weighted by Crippen LogP contribution is 2.41. The van der Waals surface area contributed by atoms with Crippen LogP contribution in [-0.2, 0) is 0 Å². The highest BCUT2D eigenvalue weighted by molar-refractivity contribution is 5.78. The number of nitrogens with zero attached hydrogens (tertiary/aromatic N) is 2. The summed E-state index contributed by atoms with van der Waals surface area (Å²) in [5.74, 6) is 0.585. The van der Waals surface area contributed by atoms with Gasteiger partial charge < -0.3 is 15.1 Å². The Labute approximate surface area is 116 Å². The van der Waals surface area contributed by atoms with Crippen LogP contribution < -0.4 is 15.1 Å². The zero-order valence-corrected chi connectivity index (χ0v) is 12.3. The van der Waals surface area contributed by atoms with Crippen LogP contribution >= 0.6 is 0 Å². The maximum Gasteiger partial charge on any atom is 0.0643 e. The number of nitrogens with one attached hydrogen (secondary N) is 1. The molecular formula is C16H25N3. The zero-order valence-electron chi connectivity index (χ0n) is 12.3. The average molecular weight is 259 g/mol. The van der Waals surface area contributed by atoms with Crippen molar-refractivity contribution in [1.82, 2.24) is 5.32 Å². The molecule has 0 spiro atoms. The first-order valence-corrected chi connectivity index (χ1v) is 7.57. The lowest BCUT2D eigenvalue weighted by molar-refractivity contribution is 0.459. The summed E-state index contributed by atoms with van der Waals surface area (Å²) in [4.78, 5) is 5.18. The van der Waals surface area contributed by atoms with Crippen LogP contribution in [0.1, 0.15) is 32.3 Å². The average Bonchev–Trinajstić information content (AvgIpc) is 2.45. The third-order valence-electron chi connectivity index (χ3n) is 4.46. The van der Waals surface area contributed by atoms with E-state index >= 15 is 0 Å². The molecular weight excluding hydrogens is 234 g/mol. The first-order valence-electron chi connectivity index (χ1n) is 7.57. The Hall–Kier alpha value is -1.22. The molecule has 2 aliphatic rings. The summed E-state index contributed by atoms with van der Waals surface area (Å²) >= 11 is 0. The van der Waals surface area contributed by atoms with Crippen LogP contribution in [0.2, 0.25) is 0 Å². The van der Waals surface area contributed by atoms with Crippen LogP contribution in [0.4, 0.5) is 11.4 Å². The number of likely N-dealkylation sites (N-methyl/N-ethyl adjacent to an activating group) is 1. The fraction of sp³-hybridized carbons (Fsp3) is 0.625. The molecule has 0 amide bonds. The second kappa shape index (κ2) is 5.04. The maximum atomic E-state index is 3.54. The predicted molar refractivity (Wildman–Crippen MR) is 82.4 cm³/mol. The molecule has 1 N–H and O–H groups in total. The maximum absolute atomic E-state index is 3.54. The summed E-state index contributed by atoms with van der Waals surface area (Å²) in [7, 11) is 0. The van der Waals surface area contributed by atoms with Gasteiger partial charge in [0.2, 0.25) is 0 Å². The summed E-state index contributed by atoms with van der Waals surface area (Å²) in [5.41, 5.74) is 4.44. The summed E-state index contributed by atoms with van der Waals surface area (Å²) in [5, 5.41) is 3.54. The molecule has 0 aliphatic carbocycles. The molecule has 19 heavy (non-hydrogen) atoms. The van der Waals surface area contributed by atoms with E-state index in [-0.39, 0.29) is 0 Å². The highest BCUT2D eigenvalue weighted by atomic mass is 15.3. The van der Waals surface area contributed by atoms with Crippen molar-refractivity contribution in [2.24, 2.45) is 0 Å². The van der Waals surface area contributed by atoms with Gasteiger partial charge in [-0.25, -0.2) is 0 Å². The van der Waals surface area contributed by atoms with Crippen LogP contribution in [0, 0.1) is 0 Å². The van der Waals surface area contributed by atoms with Crippen molar-refractivity contribution in [1.29, 1.82) is 0 Å². The Morgan fingerprint density at radius 1 is 1.37 bits per heavy atom. The molecule has 2 aliphatic heterocycles. The van der Waals surface area contributed by atoms with Gasteiger partial charge in [0.25, 0.3) is 0 Å². The van der Waals surface area contributed by atoms with Gasteiger partial charge in [-0.15, -0.1) is 0 Å². The van der Waals surface area contributed by atoms with E-state index in [0.29, 0.717) is 12.0 Å². The van der Waals surface area contributed by atoms with Crippen molar-refractivity contribution in [2.45, 2.75) is 32.7 Å². The molecule has 3 rings (SSSR count). The lowest BCUT2D eigenvalue weighted by atomic mass is 9.95. The molecule has 0 saturated carbocycles. The van der Waals surface area contributed by atoms with Crippen molar-refractivity contribution in [3.05, 3.63) is 23.8 Å². The number of anilines is 2. The predicted octanol–water partition coefficient (Wildman–Crippen LogP) is 2.43. The van der Waals surface area contributed by atoms with Gasteiger partial charge in [-0.1, -0.05) is 26.0 Å². The second-order valence-corrected chi connectivity index (χ2v) is 5.96. The Morgan fingerprint density at radius 2 is 2.21 bits per heavy atom. The second-order valence-electron chi connectivity index (χ2n) is 5.96. The van der Waals surface area contributed by atoms with Crippen molar-refractivity contribution >= 4 is 11.4 Å². The molecule has 0 aromatic heterocycles. The van der Waals surface area contributed by atoms with E-state index in [4.69, 9.17) is 0 Å². The topological polar surface area (TPSA) is 18.5 Å². The number of para-hydroxylation sites is 1. The molecule has 104 valence electrons. The summed E-state index contributed by atoms with van der Waals surface area (Å²) < 4.78 is 0. The van der Waals surface area contributed by atoms with Gasteiger partial charge in [-0.05, 0) is 24.5 Å². The standard InChI is InChI=1S/C16H25N3/c1-4-18-11-13-10-17-8-9-19(13)16-14(12(2)3)6-5-7-15(16)18/h5-7,12-13,17H,4,8-11H2,1-3H3. The Morgan fingerprint density at radius 3 is 2.95 bits per heavy atom. The smallest absolute Gasteiger partial charge is 0.0643 e. The SMILES string of the molecule is CCN1CC2CNCCN2c2c(C(C)C)cccc21. The van der Waals surface area contributed by atoms with Crippen molar-refractivity contribution in [3.63, 3.8) is 0 Å². The first-order chi connectivity index (χ1) is 9.22. The van der Waals surface area contributed by atoms with E-state index in [0.717, 1.165) is 32.7 Å².